The number of carbonyl (C=O) groups is 3. The number of hydrogen-bond acceptors (Lipinski definition) is 5. The van der Waals surface area contributed by atoms with Crippen molar-refractivity contribution in [2.24, 2.45) is 22.7 Å². The van der Waals surface area contributed by atoms with Crippen molar-refractivity contribution >= 4 is 17.5 Å². The highest BCUT2D eigenvalue weighted by molar-refractivity contribution is 6.50. The summed E-state index contributed by atoms with van der Waals surface area (Å²) < 4.78 is 5.58. The first-order valence-electron chi connectivity index (χ1n) is 9.86. The number of carbonyl (C=O) groups excluding carboxylic acids is 3. The molecule has 5 nitrogen and oxygen atoms in total. The number of allylic oxidation sites excluding steroid dienone is 2. The predicted octanol–water partition coefficient (Wildman–Crippen LogP) is 4.07. The fourth-order valence-corrected chi connectivity index (χ4v) is 5.79. The third kappa shape index (κ3) is 2.86. The van der Waals surface area contributed by atoms with Crippen molar-refractivity contribution in [1.82, 2.24) is 0 Å². The lowest BCUT2D eigenvalue weighted by molar-refractivity contribution is -0.149. The molecule has 0 aromatic carbocycles. The molecule has 3 atom stereocenters. The summed E-state index contributed by atoms with van der Waals surface area (Å²) in [4.78, 5) is 37.8. The Hall–Kier alpha value is -1.91. The van der Waals surface area contributed by atoms with Crippen molar-refractivity contribution in [2.45, 2.75) is 73.3 Å². The summed E-state index contributed by atoms with van der Waals surface area (Å²) in [6.45, 7) is 11.3. The maximum Gasteiger partial charge on any atom is 0.303 e. The maximum absolute atomic E-state index is 13.2. The van der Waals surface area contributed by atoms with Gasteiger partial charge in [-0.15, -0.1) is 0 Å². The van der Waals surface area contributed by atoms with Crippen LogP contribution < -0.4 is 0 Å². The van der Waals surface area contributed by atoms with Gasteiger partial charge in [0.15, 0.2) is 0 Å². The van der Waals surface area contributed by atoms with Crippen LogP contribution in [-0.2, 0) is 19.1 Å². The number of ketones is 2. The molecule has 0 amide bonds. The van der Waals surface area contributed by atoms with Crippen LogP contribution in [0.5, 0.6) is 0 Å². The highest BCUT2D eigenvalue weighted by Crippen LogP contribution is 2.61. The average molecular weight is 374 g/mol. The van der Waals surface area contributed by atoms with Crippen molar-refractivity contribution in [2.75, 3.05) is 0 Å². The number of hydrogen-bond donors (Lipinski definition) is 1. The van der Waals surface area contributed by atoms with Crippen LogP contribution >= 0.6 is 0 Å². The van der Waals surface area contributed by atoms with Gasteiger partial charge in [0.2, 0.25) is 11.6 Å². The first-order chi connectivity index (χ1) is 12.4. The fraction of sp³-hybridized carbons (Fsp3) is 0.682. The van der Waals surface area contributed by atoms with Crippen molar-refractivity contribution in [3.05, 3.63) is 22.5 Å². The molecule has 0 spiro atoms. The predicted molar refractivity (Wildman–Crippen MR) is 101 cm³/mol. The average Bonchev–Trinajstić information content (AvgIpc) is 2.52. The highest BCUT2D eigenvalue weighted by atomic mass is 16.5. The van der Waals surface area contributed by atoms with E-state index in [-0.39, 0.29) is 28.6 Å². The fourth-order valence-electron chi connectivity index (χ4n) is 5.79. The molecule has 148 valence electrons. The lowest BCUT2D eigenvalue weighted by atomic mass is 9.48. The Kier molecular flexibility index (Phi) is 4.64. The van der Waals surface area contributed by atoms with Gasteiger partial charge < -0.3 is 9.84 Å². The molecule has 0 bridgehead atoms. The molecule has 1 saturated carbocycles. The summed E-state index contributed by atoms with van der Waals surface area (Å²) in [7, 11) is 0. The van der Waals surface area contributed by atoms with Gasteiger partial charge in [-0.05, 0) is 36.5 Å². The number of aliphatic hydroxyl groups excluding tert-OH is 1. The summed E-state index contributed by atoms with van der Waals surface area (Å²) in [6.07, 6.45) is 2.62. The Morgan fingerprint density at radius 3 is 2.33 bits per heavy atom. The molecule has 0 aromatic rings. The second-order valence-corrected chi connectivity index (χ2v) is 9.51. The number of aliphatic hydroxyl groups is 1. The van der Waals surface area contributed by atoms with Crippen LogP contribution in [0.25, 0.3) is 0 Å². The van der Waals surface area contributed by atoms with E-state index in [0.29, 0.717) is 17.6 Å². The molecule has 3 aliphatic rings. The Balaban J connectivity index is 2.30. The first kappa shape index (κ1) is 19.8. The van der Waals surface area contributed by atoms with Gasteiger partial charge in [-0.3, -0.25) is 14.4 Å². The van der Waals surface area contributed by atoms with Crippen LogP contribution in [0.3, 0.4) is 0 Å². The molecule has 27 heavy (non-hydrogen) atoms. The minimum atomic E-state index is -0.696. The lowest BCUT2D eigenvalue weighted by Crippen LogP contribution is -2.53. The normalized spacial score (nSPS) is 33.1. The van der Waals surface area contributed by atoms with Gasteiger partial charge in [0.05, 0.1) is 0 Å². The Morgan fingerprint density at radius 1 is 1.15 bits per heavy atom. The smallest absolute Gasteiger partial charge is 0.303 e. The van der Waals surface area contributed by atoms with E-state index in [1.165, 1.54) is 6.92 Å². The zero-order valence-electron chi connectivity index (χ0n) is 17.1. The summed E-state index contributed by atoms with van der Waals surface area (Å²) in [5.41, 5.74) is 0.328. The zero-order chi connectivity index (χ0) is 20.3. The topological polar surface area (TPSA) is 80.7 Å². The van der Waals surface area contributed by atoms with Gasteiger partial charge in [-0.1, -0.05) is 41.0 Å². The van der Waals surface area contributed by atoms with Gasteiger partial charge in [-0.25, -0.2) is 0 Å². The van der Waals surface area contributed by atoms with E-state index in [1.54, 1.807) is 13.8 Å². The Labute approximate surface area is 160 Å². The van der Waals surface area contributed by atoms with Gasteiger partial charge in [0, 0.05) is 29.1 Å². The Bertz CT molecular complexity index is 783. The SMILES string of the molecule is CC(=O)O[C@@H]1CC2C(C)(C)CCC[C@]2(C)C2=C1C(O)=C(C(C)C)C(=O)C2=O. The molecule has 0 radical (unpaired) electrons. The molecule has 1 unspecified atom stereocenters. The van der Waals surface area contributed by atoms with E-state index in [2.05, 4.69) is 13.8 Å². The molecule has 0 aromatic heterocycles. The van der Waals surface area contributed by atoms with Gasteiger partial charge in [0.25, 0.3) is 0 Å². The number of esters is 1. The van der Waals surface area contributed by atoms with E-state index < -0.39 is 29.1 Å². The number of fused-ring (bicyclic) bond motifs is 2. The molecule has 1 N–H and O–H groups in total. The van der Waals surface area contributed by atoms with Gasteiger partial charge in [0.1, 0.15) is 11.9 Å². The third-order valence-corrected chi connectivity index (χ3v) is 6.92. The van der Waals surface area contributed by atoms with Crippen LogP contribution in [0.15, 0.2) is 22.5 Å². The summed E-state index contributed by atoms with van der Waals surface area (Å²) in [5.74, 6) is -1.96. The van der Waals surface area contributed by atoms with Crippen molar-refractivity contribution in [3.8, 4) is 0 Å². The van der Waals surface area contributed by atoms with Crippen molar-refractivity contribution in [3.63, 3.8) is 0 Å². The largest absolute Gasteiger partial charge is 0.507 e. The monoisotopic (exact) mass is 374 g/mol. The van der Waals surface area contributed by atoms with E-state index in [1.807, 2.05) is 6.92 Å². The number of rotatable bonds is 2. The molecule has 3 rings (SSSR count). The molecule has 0 heterocycles. The van der Waals surface area contributed by atoms with E-state index >= 15 is 0 Å². The molecule has 0 saturated heterocycles. The molecule has 5 heteroatoms. The summed E-state index contributed by atoms with van der Waals surface area (Å²) >= 11 is 0. The minimum Gasteiger partial charge on any atom is -0.507 e. The summed E-state index contributed by atoms with van der Waals surface area (Å²) in [5, 5.41) is 11.0. The second-order valence-electron chi connectivity index (χ2n) is 9.51. The van der Waals surface area contributed by atoms with E-state index in [0.717, 1.165) is 19.3 Å². The number of ether oxygens (including phenoxy) is 1. The van der Waals surface area contributed by atoms with Crippen LogP contribution in [0.4, 0.5) is 0 Å². The molecular weight excluding hydrogens is 344 g/mol. The lowest BCUT2D eigenvalue weighted by Gasteiger charge is -2.56. The molecule has 3 aliphatic carbocycles. The Morgan fingerprint density at radius 2 is 1.78 bits per heavy atom. The standard InChI is InChI=1S/C22H30O5/c1-11(2)15-18(24)16-13(27-12(3)23)10-14-21(4,5)8-7-9-22(14,6)17(16)20(26)19(15)25/h11,13-14,24H,7-10H2,1-6H3/t13-,14?,22+/m1/s1. The molecular formula is C22H30O5. The van der Waals surface area contributed by atoms with Crippen LogP contribution in [0.2, 0.25) is 0 Å². The maximum atomic E-state index is 13.2. The first-order valence-corrected chi connectivity index (χ1v) is 9.86. The van der Waals surface area contributed by atoms with Crippen LogP contribution in [-0.4, -0.2) is 28.7 Å². The van der Waals surface area contributed by atoms with Crippen molar-refractivity contribution in [1.29, 1.82) is 0 Å². The van der Waals surface area contributed by atoms with Crippen molar-refractivity contribution < 1.29 is 24.2 Å². The minimum absolute atomic E-state index is 0.0507. The third-order valence-electron chi connectivity index (χ3n) is 6.92. The number of Topliss-reactive ketones (excluding diaryl/α,β-unsaturated/α-hetero) is 2. The van der Waals surface area contributed by atoms with Crippen LogP contribution in [0, 0.1) is 22.7 Å². The molecule has 0 aliphatic heterocycles. The summed E-state index contributed by atoms with van der Waals surface area (Å²) in [6, 6.07) is 0. The quantitative estimate of drug-likeness (QED) is 0.448. The zero-order valence-corrected chi connectivity index (χ0v) is 17.1. The highest BCUT2D eigenvalue weighted by Gasteiger charge is 2.58. The second kappa shape index (κ2) is 6.32. The van der Waals surface area contributed by atoms with E-state index in [9.17, 15) is 19.5 Å². The van der Waals surface area contributed by atoms with E-state index in [4.69, 9.17) is 4.74 Å². The molecule has 1 fully saturated rings. The van der Waals surface area contributed by atoms with Crippen LogP contribution in [0.1, 0.15) is 67.2 Å². The van der Waals surface area contributed by atoms with Gasteiger partial charge in [-0.2, -0.15) is 0 Å². The van der Waals surface area contributed by atoms with Gasteiger partial charge >= 0.3 is 5.97 Å².